The molecule has 0 atom stereocenters. The van der Waals surface area contributed by atoms with Gasteiger partial charge in [-0.15, -0.1) is 0 Å². The first kappa shape index (κ1) is 10.9. The third-order valence-electron chi connectivity index (χ3n) is 1.89. The maximum absolute atomic E-state index is 11.4. The Kier molecular flexibility index (Phi) is 2.70. The van der Waals surface area contributed by atoms with E-state index < -0.39 is 28.3 Å². The Morgan fingerprint density at radius 3 is 2.06 bits per heavy atom. The van der Waals surface area contributed by atoms with Gasteiger partial charge in [0.1, 0.15) is 35.1 Å². The van der Waals surface area contributed by atoms with Crippen LogP contribution in [0.2, 0.25) is 0 Å². The normalized spacial score (nSPS) is 12.8. The molecule has 6 nitrogen and oxygen atoms in total. The topological polar surface area (TPSA) is 133 Å². The number of ketones is 1. The monoisotopic (exact) mass is 210 g/mol. The SMILES string of the molecule is N#CC(=C=N)C1=C(O)C(=C(C#N)C#N)C1=O. The van der Waals surface area contributed by atoms with Crippen molar-refractivity contribution in [2.45, 2.75) is 0 Å². The van der Waals surface area contributed by atoms with Crippen molar-refractivity contribution in [1.29, 1.82) is 21.2 Å². The molecule has 1 rings (SSSR count). The Morgan fingerprint density at radius 1 is 1.19 bits per heavy atom. The first-order valence-corrected chi connectivity index (χ1v) is 3.85. The molecule has 0 bridgehead atoms. The summed E-state index contributed by atoms with van der Waals surface area (Å²) in [6.45, 7) is 0. The van der Waals surface area contributed by atoms with E-state index in [4.69, 9.17) is 21.2 Å². The van der Waals surface area contributed by atoms with E-state index in [1.54, 1.807) is 5.87 Å². The molecule has 0 aliphatic heterocycles. The maximum atomic E-state index is 11.4. The molecule has 74 valence electrons. The van der Waals surface area contributed by atoms with Gasteiger partial charge in [0.2, 0.25) is 5.78 Å². The summed E-state index contributed by atoms with van der Waals surface area (Å²) in [4.78, 5) is 11.4. The minimum absolute atomic E-state index is 0.379. The fraction of sp³-hybridized carbons (Fsp3) is 0. The van der Waals surface area contributed by atoms with E-state index in [1.165, 1.54) is 18.2 Å². The van der Waals surface area contributed by atoms with Gasteiger partial charge in [0.25, 0.3) is 0 Å². The quantitative estimate of drug-likeness (QED) is 0.367. The van der Waals surface area contributed by atoms with Crippen LogP contribution in [0.25, 0.3) is 0 Å². The van der Waals surface area contributed by atoms with Gasteiger partial charge in [0.15, 0.2) is 0 Å². The number of aliphatic hydroxyl groups is 1. The second kappa shape index (κ2) is 3.94. The maximum Gasteiger partial charge on any atom is 0.204 e. The van der Waals surface area contributed by atoms with Crippen molar-refractivity contribution in [3.8, 4) is 18.2 Å². The Hall–Kier alpha value is -3.13. The minimum Gasteiger partial charge on any atom is -0.506 e. The zero-order valence-corrected chi connectivity index (χ0v) is 7.70. The summed E-state index contributed by atoms with van der Waals surface area (Å²) in [5, 5.41) is 41.6. The number of hydrogen-bond donors (Lipinski definition) is 2. The Bertz CT molecular complexity index is 609. The van der Waals surface area contributed by atoms with Crippen LogP contribution in [-0.4, -0.2) is 16.8 Å². The van der Waals surface area contributed by atoms with Crippen LogP contribution in [-0.2, 0) is 4.79 Å². The molecule has 0 aromatic carbocycles. The van der Waals surface area contributed by atoms with Crippen molar-refractivity contribution >= 4 is 11.7 Å². The van der Waals surface area contributed by atoms with Crippen LogP contribution < -0.4 is 0 Å². The molecule has 2 N–H and O–H groups in total. The van der Waals surface area contributed by atoms with Gasteiger partial charge in [-0.1, -0.05) is 0 Å². The number of rotatable bonds is 1. The van der Waals surface area contributed by atoms with Gasteiger partial charge in [-0.05, 0) is 5.87 Å². The second-order valence-corrected chi connectivity index (χ2v) is 2.64. The van der Waals surface area contributed by atoms with E-state index in [0.29, 0.717) is 0 Å². The van der Waals surface area contributed by atoms with Gasteiger partial charge in [-0.25, -0.2) is 0 Å². The van der Waals surface area contributed by atoms with Crippen molar-refractivity contribution in [3.05, 3.63) is 28.1 Å². The minimum atomic E-state index is -0.799. The van der Waals surface area contributed by atoms with Crippen molar-refractivity contribution in [2.24, 2.45) is 0 Å². The molecule has 0 radical (unpaired) electrons. The molecule has 1 aliphatic rings. The predicted molar refractivity (Wildman–Crippen MR) is 49.8 cm³/mol. The number of Topliss-reactive ketones (excluding diaryl/α,β-unsaturated/α-hetero) is 1. The summed E-state index contributed by atoms with van der Waals surface area (Å²) >= 11 is 0. The van der Waals surface area contributed by atoms with E-state index >= 15 is 0 Å². The molecular formula is C10H2N4O2. The van der Waals surface area contributed by atoms with Crippen LogP contribution in [0.5, 0.6) is 0 Å². The summed E-state index contributed by atoms with van der Waals surface area (Å²) in [7, 11) is 0. The Morgan fingerprint density at radius 2 is 1.75 bits per heavy atom. The zero-order chi connectivity index (χ0) is 12.3. The lowest BCUT2D eigenvalue weighted by molar-refractivity contribution is -0.113. The number of aliphatic hydroxyl groups excluding tert-OH is 1. The number of carbonyl (C=O) groups excluding carboxylic acids is 1. The van der Waals surface area contributed by atoms with E-state index in [0.717, 1.165) is 0 Å². The molecule has 0 amide bonds. The lowest BCUT2D eigenvalue weighted by Gasteiger charge is -2.18. The number of carbonyl (C=O) groups is 1. The first-order chi connectivity index (χ1) is 7.62. The van der Waals surface area contributed by atoms with Crippen LogP contribution in [0.15, 0.2) is 28.1 Å². The van der Waals surface area contributed by atoms with E-state index in [-0.39, 0.29) is 5.57 Å². The highest BCUT2D eigenvalue weighted by Gasteiger charge is 2.39. The Balaban J connectivity index is 3.48. The van der Waals surface area contributed by atoms with Gasteiger partial charge in [0, 0.05) is 0 Å². The molecule has 0 saturated heterocycles. The summed E-state index contributed by atoms with van der Waals surface area (Å²) in [6, 6.07) is 4.41. The number of nitrogens with one attached hydrogen (secondary N) is 1. The summed E-state index contributed by atoms with van der Waals surface area (Å²) in [6.07, 6.45) is 0. The highest BCUT2D eigenvalue weighted by molar-refractivity contribution is 6.24. The molecule has 0 aromatic heterocycles. The van der Waals surface area contributed by atoms with Crippen molar-refractivity contribution in [3.63, 3.8) is 0 Å². The molecule has 0 aromatic rings. The zero-order valence-electron chi connectivity index (χ0n) is 7.70. The van der Waals surface area contributed by atoms with Crippen LogP contribution in [0, 0.1) is 39.4 Å². The van der Waals surface area contributed by atoms with E-state index in [9.17, 15) is 9.90 Å². The fourth-order valence-corrected chi connectivity index (χ4v) is 1.15. The smallest absolute Gasteiger partial charge is 0.204 e. The van der Waals surface area contributed by atoms with Gasteiger partial charge < -0.3 is 5.11 Å². The molecule has 0 heterocycles. The van der Waals surface area contributed by atoms with Crippen LogP contribution >= 0.6 is 0 Å². The third-order valence-corrected chi connectivity index (χ3v) is 1.89. The lowest BCUT2D eigenvalue weighted by atomic mass is 9.82. The van der Waals surface area contributed by atoms with Crippen molar-refractivity contribution in [1.82, 2.24) is 0 Å². The largest absolute Gasteiger partial charge is 0.506 e. The van der Waals surface area contributed by atoms with Crippen LogP contribution in [0.1, 0.15) is 0 Å². The van der Waals surface area contributed by atoms with Gasteiger partial charge >= 0.3 is 0 Å². The predicted octanol–water partition coefficient (Wildman–Crippen LogP) is 0.423. The average Bonchev–Trinajstić information content (AvgIpc) is 2.32. The second-order valence-electron chi connectivity index (χ2n) is 2.64. The molecule has 0 unspecified atom stereocenters. The summed E-state index contributed by atoms with van der Waals surface area (Å²) in [5.41, 5.74) is -1.74. The fourth-order valence-electron chi connectivity index (χ4n) is 1.15. The number of allylic oxidation sites excluding steroid dienone is 4. The molecule has 0 spiro atoms. The summed E-state index contributed by atoms with van der Waals surface area (Å²) < 4.78 is 0. The highest BCUT2D eigenvalue weighted by atomic mass is 16.3. The molecule has 6 heteroatoms. The molecular weight excluding hydrogens is 208 g/mol. The van der Waals surface area contributed by atoms with Crippen molar-refractivity contribution in [2.75, 3.05) is 0 Å². The standard InChI is InChI=1S/C10H2N4O2/c11-1-5(2-12)7-9(15)8(10(7)16)6(3-13)4-14/h11,15H. The molecule has 1 aliphatic carbocycles. The Labute approximate surface area is 89.8 Å². The summed E-state index contributed by atoms with van der Waals surface area (Å²) in [5.74, 6) is 0.278. The average molecular weight is 210 g/mol. The van der Waals surface area contributed by atoms with Crippen LogP contribution in [0.4, 0.5) is 0 Å². The van der Waals surface area contributed by atoms with E-state index in [1.807, 2.05) is 0 Å². The van der Waals surface area contributed by atoms with Gasteiger partial charge in [-0.2, -0.15) is 15.8 Å². The van der Waals surface area contributed by atoms with Crippen molar-refractivity contribution < 1.29 is 9.90 Å². The lowest BCUT2D eigenvalue weighted by Crippen LogP contribution is -2.25. The molecule has 0 fully saturated rings. The number of nitriles is 3. The van der Waals surface area contributed by atoms with Gasteiger partial charge in [-0.3, -0.25) is 10.2 Å². The molecule has 0 saturated carbocycles. The first-order valence-electron chi connectivity index (χ1n) is 3.85. The number of nitrogens with zero attached hydrogens (tertiary/aromatic N) is 3. The third kappa shape index (κ3) is 1.27. The highest BCUT2D eigenvalue weighted by Crippen LogP contribution is 2.34. The number of hydrogen-bond acceptors (Lipinski definition) is 6. The van der Waals surface area contributed by atoms with Crippen LogP contribution in [0.3, 0.4) is 0 Å². The van der Waals surface area contributed by atoms with E-state index in [2.05, 4.69) is 0 Å². The van der Waals surface area contributed by atoms with Gasteiger partial charge in [0.05, 0.1) is 11.1 Å². The molecule has 16 heavy (non-hydrogen) atoms.